The molecule has 1 aromatic rings. The molecule has 1 saturated heterocycles. The lowest BCUT2D eigenvalue weighted by atomic mass is 9.98. The minimum Gasteiger partial charge on any atom is -0.349 e. The van der Waals surface area contributed by atoms with E-state index in [1.807, 2.05) is 46.0 Å². The monoisotopic (exact) mass is 288 g/mol. The van der Waals surface area contributed by atoms with Crippen LogP contribution in [0, 0.1) is 11.3 Å². The Labute approximate surface area is 127 Å². The van der Waals surface area contributed by atoms with Gasteiger partial charge in [0, 0.05) is 0 Å². The van der Waals surface area contributed by atoms with Gasteiger partial charge in [-0.1, -0.05) is 37.3 Å². The van der Waals surface area contributed by atoms with E-state index in [-0.39, 0.29) is 18.2 Å². The number of hydrogen-bond acceptors (Lipinski definition) is 4. The Morgan fingerprint density at radius 3 is 2.62 bits per heavy atom. The molecule has 1 aliphatic heterocycles. The van der Waals surface area contributed by atoms with Gasteiger partial charge in [-0.3, -0.25) is 4.90 Å². The number of likely N-dealkylation sites (N-methyl/N-ethyl adjacent to an activating group) is 1. The summed E-state index contributed by atoms with van der Waals surface area (Å²) in [6.07, 6.45) is 0.691. The smallest absolute Gasteiger partial charge is 0.163 e. The Balaban J connectivity index is 2.28. The molecule has 0 saturated carbocycles. The van der Waals surface area contributed by atoms with Gasteiger partial charge in [-0.2, -0.15) is 5.26 Å². The highest BCUT2D eigenvalue weighted by molar-refractivity contribution is 5.20. The molecule has 1 aromatic carbocycles. The van der Waals surface area contributed by atoms with E-state index in [0.717, 1.165) is 12.0 Å². The third kappa shape index (κ3) is 3.62. The summed E-state index contributed by atoms with van der Waals surface area (Å²) in [5, 5.41) is 9.31. The first kappa shape index (κ1) is 16.0. The maximum absolute atomic E-state index is 9.31. The van der Waals surface area contributed by atoms with Gasteiger partial charge in [0.1, 0.15) is 6.10 Å². The molecule has 0 N–H and O–H groups in total. The molecule has 0 aliphatic carbocycles. The maximum atomic E-state index is 9.31. The first-order chi connectivity index (χ1) is 9.98. The summed E-state index contributed by atoms with van der Waals surface area (Å²) in [5.74, 6) is -0.605. The second kappa shape index (κ2) is 6.57. The lowest BCUT2D eigenvalue weighted by Gasteiger charge is -2.45. The van der Waals surface area contributed by atoms with Crippen LogP contribution < -0.4 is 0 Å². The average molecular weight is 288 g/mol. The van der Waals surface area contributed by atoms with Crippen molar-refractivity contribution in [3.63, 3.8) is 0 Å². The van der Waals surface area contributed by atoms with Crippen molar-refractivity contribution in [2.24, 2.45) is 0 Å². The van der Waals surface area contributed by atoms with Crippen molar-refractivity contribution in [2.45, 2.75) is 51.2 Å². The van der Waals surface area contributed by atoms with Crippen molar-refractivity contribution in [2.75, 3.05) is 13.7 Å². The summed E-state index contributed by atoms with van der Waals surface area (Å²) in [4.78, 5) is 2.08. The molecule has 0 bridgehead atoms. The second-order valence-electron chi connectivity index (χ2n) is 5.95. The zero-order valence-electron chi connectivity index (χ0n) is 13.2. The van der Waals surface area contributed by atoms with Crippen LogP contribution in [0.2, 0.25) is 0 Å². The van der Waals surface area contributed by atoms with Crippen molar-refractivity contribution in [3.05, 3.63) is 35.9 Å². The van der Waals surface area contributed by atoms with Crippen LogP contribution in [0.5, 0.6) is 0 Å². The molecule has 0 spiro atoms. The molecule has 21 heavy (non-hydrogen) atoms. The Morgan fingerprint density at radius 1 is 1.38 bits per heavy atom. The van der Waals surface area contributed by atoms with Crippen molar-refractivity contribution >= 4 is 0 Å². The summed E-state index contributed by atoms with van der Waals surface area (Å²) in [5.41, 5.74) is 1.12. The van der Waals surface area contributed by atoms with E-state index in [4.69, 9.17) is 9.47 Å². The lowest BCUT2D eigenvalue weighted by Crippen LogP contribution is -2.53. The zero-order chi connectivity index (χ0) is 15.5. The van der Waals surface area contributed by atoms with Crippen LogP contribution in [0.3, 0.4) is 0 Å². The predicted molar refractivity (Wildman–Crippen MR) is 81.5 cm³/mol. The fraction of sp³-hybridized carbons (Fsp3) is 0.588. The molecule has 0 aromatic heterocycles. The van der Waals surface area contributed by atoms with Crippen LogP contribution in [0.4, 0.5) is 0 Å². The van der Waals surface area contributed by atoms with Crippen LogP contribution in [0.25, 0.3) is 0 Å². The summed E-state index contributed by atoms with van der Waals surface area (Å²) >= 11 is 0. The minimum absolute atomic E-state index is 0.0324. The average Bonchev–Trinajstić information content (AvgIpc) is 2.48. The van der Waals surface area contributed by atoms with Crippen LogP contribution in [-0.4, -0.2) is 36.4 Å². The number of hydrogen-bond donors (Lipinski definition) is 0. The Morgan fingerprint density at radius 2 is 2.05 bits per heavy atom. The van der Waals surface area contributed by atoms with Crippen molar-refractivity contribution in [3.8, 4) is 6.07 Å². The molecular formula is C17H24N2O2. The standard InChI is InChI=1S/C17H24N2O2/c1-5-14(11-18)19(4)15-12-20-17(2,3)21-16(15)13-9-7-6-8-10-13/h6-10,14-16H,5,12H2,1-4H3/t14?,15-,16-/m0/s1. The summed E-state index contributed by atoms with van der Waals surface area (Å²) in [6.45, 7) is 6.44. The van der Waals surface area contributed by atoms with Gasteiger partial charge in [-0.25, -0.2) is 0 Å². The molecule has 0 amide bonds. The first-order valence-corrected chi connectivity index (χ1v) is 7.46. The molecule has 1 unspecified atom stereocenters. The van der Waals surface area contributed by atoms with Gasteiger partial charge < -0.3 is 9.47 Å². The van der Waals surface area contributed by atoms with E-state index in [2.05, 4.69) is 23.1 Å². The summed E-state index contributed by atoms with van der Waals surface area (Å²) in [7, 11) is 1.98. The Hall–Kier alpha value is -1.41. The number of nitrogens with zero attached hydrogens (tertiary/aromatic N) is 2. The van der Waals surface area contributed by atoms with Gasteiger partial charge in [0.15, 0.2) is 5.79 Å². The molecule has 1 aliphatic rings. The SMILES string of the molecule is CCC(C#N)N(C)[C@H]1COC(C)(C)O[C@H]1c1ccccc1. The van der Waals surface area contributed by atoms with Gasteiger partial charge in [0.25, 0.3) is 0 Å². The quantitative estimate of drug-likeness (QED) is 0.854. The third-order valence-corrected chi connectivity index (χ3v) is 4.04. The van der Waals surface area contributed by atoms with Gasteiger partial charge in [0.05, 0.1) is 24.8 Å². The Bertz CT molecular complexity index is 495. The lowest BCUT2D eigenvalue weighted by molar-refractivity contribution is -0.296. The molecule has 0 radical (unpaired) electrons. The highest BCUT2D eigenvalue weighted by Crippen LogP contribution is 2.35. The van der Waals surface area contributed by atoms with E-state index in [9.17, 15) is 5.26 Å². The van der Waals surface area contributed by atoms with Crippen LogP contribution in [0.15, 0.2) is 30.3 Å². The molecule has 3 atom stereocenters. The van der Waals surface area contributed by atoms with Crippen molar-refractivity contribution < 1.29 is 9.47 Å². The molecule has 1 fully saturated rings. The highest BCUT2D eigenvalue weighted by atomic mass is 16.7. The number of ether oxygens (including phenoxy) is 2. The summed E-state index contributed by atoms with van der Waals surface area (Å²) in [6, 6.07) is 12.4. The van der Waals surface area contributed by atoms with Gasteiger partial charge in [-0.05, 0) is 32.9 Å². The van der Waals surface area contributed by atoms with E-state index in [1.165, 1.54) is 0 Å². The van der Waals surface area contributed by atoms with E-state index >= 15 is 0 Å². The normalized spacial score (nSPS) is 26.3. The molecule has 1 heterocycles. The number of rotatable bonds is 4. The largest absolute Gasteiger partial charge is 0.349 e. The zero-order valence-corrected chi connectivity index (χ0v) is 13.2. The number of benzene rings is 1. The fourth-order valence-electron chi connectivity index (χ4n) is 2.76. The van der Waals surface area contributed by atoms with Crippen LogP contribution in [0.1, 0.15) is 38.9 Å². The predicted octanol–water partition coefficient (Wildman–Crippen LogP) is 3.11. The van der Waals surface area contributed by atoms with E-state index in [0.29, 0.717) is 6.61 Å². The molecule has 114 valence electrons. The van der Waals surface area contributed by atoms with Gasteiger partial charge >= 0.3 is 0 Å². The topological polar surface area (TPSA) is 45.5 Å². The van der Waals surface area contributed by atoms with E-state index in [1.54, 1.807) is 0 Å². The Kier molecular flexibility index (Phi) is 5.00. The minimum atomic E-state index is -0.605. The molecule has 2 rings (SSSR count). The maximum Gasteiger partial charge on any atom is 0.163 e. The second-order valence-corrected chi connectivity index (χ2v) is 5.95. The summed E-state index contributed by atoms with van der Waals surface area (Å²) < 4.78 is 12.0. The molecular weight excluding hydrogens is 264 g/mol. The van der Waals surface area contributed by atoms with Crippen molar-refractivity contribution in [1.82, 2.24) is 4.90 Å². The number of nitriles is 1. The van der Waals surface area contributed by atoms with Crippen molar-refractivity contribution in [1.29, 1.82) is 5.26 Å². The van der Waals surface area contributed by atoms with Gasteiger partial charge in [0.2, 0.25) is 0 Å². The highest BCUT2D eigenvalue weighted by Gasteiger charge is 2.40. The molecule has 4 heteroatoms. The third-order valence-electron chi connectivity index (χ3n) is 4.04. The van der Waals surface area contributed by atoms with Crippen LogP contribution in [-0.2, 0) is 9.47 Å². The fourth-order valence-corrected chi connectivity index (χ4v) is 2.76. The van der Waals surface area contributed by atoms with Crippen LogP contribution >= 0.6 is 0 Å². The van der Waals surface area contributed by atoms with Gasteiger partial charge in [-0.15, -0.1) is 0 Å². The van der Waals surface area contributed by atoms with E-state index < -0.39 is 5.79 Å². The molecule has 4 nitrogen and oxygen atoms in total. The first-order valence-electron chi connectivity index (χ1n) is 7.46.